The fourth-order valence-corrected chi connectivity index (χ4v) is 5.55. The van der Waals surface area contributed by atoms with Gasteiger partial charge < -0.3 is 21.4 Å². The van der Waals surface area contributed by atoms with Crippen molar-refractivity contribution in [3.05, 3.63) is 50.6 Å². The number of nitrogens with two attached hydrogens (primary N) is 1. The average Bonchev–Trinajstić information content (AvgIpc) is 3.43. The third-order valence-electron chi connectivity index (χ3n) is 6.06. The Bertz CT molecular complexity index is 1130. The summed E-state index contributed by atoms with van der Waals surface area (Å²) in [5, 5.41) is 8.13. The molecule has 7 nitrogen and oxygen atoms in total. The molecule has 1 aliphatic carbocycles. The van der Waals surface area contributed by atoms with Crippen LogP contribution < -0.4 is 16.4 Å². The lowest BCUT2D eigenvalue weighted by Crippen LogP contribution is -2.64. The number of carbonyl (C=O) groups excluding carboxylic acids is 2. The maximum Gasteiger partial charge on any atom is 0.280 e. The fraction of sp³-hybridized carbons (Fsp3) is 0.381. The molecule has 2 atom stereocenters. The Morgan fingerprint density at radius 3 is 2.97 bits per heavy atom. The highest BCUT2D eigenvalue weighted by Gasteiger charge is 2.45. The molecule has 0 radical (unpaired) electrons. The molecule has 5 rings (SSSR count). The summed E-state index contributed by atoms with van der Waals surface area (Å²) in [5.74, 6) is -0.446. The number of carbonyl (C=O) groups is 2. The number of aromatic amines is 1. The van der Waals surface area contributed by atoms with Crippen molar-refractivity contribution in [2.45, 2.75) is 50.4 Å². The SMILES string of the molecule is NC1(C(=O)c2cc3cc(Cl)ccc3[nH]2)CCCCC1NC(=O)c1nc2c(s1)CNC2. The molecular formula is C21H22ClN5O2S. The van der Waals surface area contributed by atoms with Gasteiger partial charge in [0.2, 0.25) is 5.78 Å². The van der Waals surface area contributed by atoms with Crippen LogP contribution in [0.2, 0.25) is 5.02 Å². The van der Waals surface area contributed by atoms with Gasteiger partial charge in [-0.25, -0.2) is 4.98 Å². The Balaban J connectivity index is 1.40. The van der Waals surface area contributed by atoms with E-state index in [9.17, 15) is 9.59 Å². The van der Waals surface area contributed by atoms with E-state index in [1.165, 1.54) is 11.3 Å². The summed E-state index contributed by atoms with van der Waals surface area (Å²) >= 11 is 7.47. The van der Waals surface area contributed by atoms with E-state index in [1.807, 2.05) is 12.1 Å². The Labute approximate surface area is 182 Å². The van der Waals surface area contributed by atoms with Crippen LogP contribution in [0, 0.1) is 0 Å². The van der Waals surface area contributed by atoms with E-state index in [-0.39, 0.29) is 11.7 Å². The van der Waals surface area contributed by atoms with Crippen LogP contribution in [0.4, 0.5) is 0 Å². The second-order valence-corrected chi connectivity index (χ2v) is 9.57. The summed E-state index contributed by atoms with van der Waals surface area (Å²) in [6, 6.07) is 6.76. The lowest BCUT2D eigenvalue weighted by atomic mass is 9.74. The first kappa shape index (κ1) is 19.7. The number of hydrogen-bond acceptors (Lipinski definition) is 6. The molecule has 156 valence electrons. The minimum Gasteiger partial charge on any atom is -0.352 e. The molecule has 9 heteroatoms. The van der Waals surface area contributed by atoms with Gasteiger partial charge in [-0.15, -0.1) is 11.3 Å². The normalized spacial score (nSPS) is 23.5. The monoisotopic (exact) mass is 443 g/mol. The fourth-order valence-electron chi connectivity index (χ4n) is 4.42. The number of fused-ring (bicyclic) bond motifs is 2. The minimum atomic E-state index is -1.17. The van der Waals surface area contributed by atoms with Crippen LogP contribution in [0.5, 0.6) is 0 Å². The molecule has 3 heterocycles. The number of hydrogen-bond donors (Lipinski definition) is 4. The molecular weight excluding hydrogens is 422 g/mol. The Morgan fingerprint density at radius 2 is 2.13 bits per heavy atom. The molecule has 1 amide bonds. The van der Waals surface area contributed by atoms with Crippen molar-refractivity contribution in [2.24, 2.45) is 5.73 Å². The van der Waals surface area contributed by atoms with Crippen molar-refractivity contribution in [3.63, 3.8) is 0 Å². The van der Waals surface area contributed by atoms with Crippen LogP contribution in [0.3, 0.4) is 0 Å². The first-order chi connectivity index (χ1) is 14.4. The van der Waals surface area contributed by atoms with Crippen LogP contribution in [0.15, 0.2) is 24.3 Å². The number of halogens is 1. The van der Waals surface area contributed by atoms with Crippen molar-refractivity contribution in [3.8, 4) is 0 Å². The van der Waals surface area contributed by atoms with E-state index < -0.39 is 11.6 Å². The van der Waals surface area contributed by atoms with E-state index in [0.29, 0.717) is 35.1 Å². The van der Waals surface area contributed by atoms with Crippen molar-refractivity contribution in [2.75, 3.05) is 0 Å². The molecule has 0 saturated heterocycles. The molecule has 2 aromatic heterocycles. The number of ketones is 1. The third-order valence-corrected chi connectivity index (χ3v) is 7.39. The van der Waals surface area contributed by atoms with Crippen molar-refractivity contribution in [1.82, 2.24) is 20.6 Å². The Kier molecular flexibility index (Phi) is 4.89. The molecule has 1 saturated carbocycles. The number of thiazole rings is 1. The van der Waals surface area contributed by atoms with E-state index in [1.54, 1.807) is 12.1 Å². The maximum absolute atomic E-state index is 13.5. The van der Waals surface area contributed by atoms with Gasteiger partial charge in [0.25, 0.3) is 5.91 Å². The van der Waals surface area contributed by atoms with Gasteiger partial charge in [-0.2, -0.15) is 0 Å². The van der Waals surface area contributed by atoms with Gasteiger partial charge in [0.05, 0.1) is 17.4 Å². The number of amides is 1. The van der Waals surface area contributed by atoms with Crippen molar-refractivity contribution < 1.29 is 9.59 Å². The summed E-state index contributed by atoms with van der Waals surface area (Å²) in [6.45, 7) is 1.43. The quantitative estimate of drug-likeness (QED) is 0.463. The number of H-pyrrole nitrogens is 1. The van der Waals surface area contributed by atoms with Gasteiger partial charge in [0.15, 0.2) is 5.01 Å². The van der Waals surface area contributed by atoms with Gasteiger partial charge in [-0.3, -0.25) is 9.59 Å². The van der Waals surface area contributed by atoms with Crippen molar-refractivity contribution in [1.29, 1.82) is 0 Å². The lowest BCUT2D eigenvalue weighted by molar-refractivity contribution is 0.0755. The maximum atomic E-state index is 13.5. The predicted molar refractivity (Wildman–Crippen MR) is 117 cm³/mol. The molecule has 5 N–H and O–H groups in total. The van der Waals surface area contributed by atoms with E-state index in [0.717, 1.165) is 40.9 Å². The standard InChI is InChI=1S/C21H22ClN5O2S/c22-12-4-5-13-11(7-12)8-14(25-13)18(28)21(23)6-2-1-3-17(21)27-19(29)20-26-15-9-24-10-16(15)30-20/h4-5,7-8,17,24-25H,1-3,6,9-10,23H2,(H,27,29). The molecule has 0 spiro atoms. The number of nitrogens with zero attached hydrogens (tertiary/aromatic N) is 1. The van der Waals surface area contributed by atoms with Crippen LogP contribution in [0.1, 0.15) is 56.5 Å². The van der Waals surface area contributed by atoms with Gasteiger partial charge in [0.1, 0.15) is 5.54 Å². The number of nitrogens with one attached hydrogen (secondary N) is 3. The summed E-state index contributed by atoms with van der Waals surface area (Å²) in [6.07, 6.45) is 2.94. The molecule has 1 aliphatic heterocycles. The van der Waals surface area contributed by atoms with E-state index >= 15 is 0 Å². The summed E-state index contributed by atoms with van der Waals surface area (Å²) in [7, 11) is 0. The number of rotatable bonds is 4. The first-order valence-corrected chi connectivity index (χ1v) is 11.3. The summed E-state index contributed by atoms with van der Waals surface area (Å²) in [4.78, 5) is 35.0. The third kappa shape index (κ3) is 3.33. The summed E-state index contributed by atoms with van der Waals surface area (Å²) < 4.78 is 0. The Morgan fingerprint density at radius 1 is 1.27 bits per heavy atom. The van der Waals surface area contributed by atoms with Gasteiger partial charge >= 0.3 is 0 Å². The summed E-state index contributed by atoms with van der Waals surface area (Å²) in [5.41, 5.74) is 7.72. The van der Waals surface area contributed by atoms with E-state index in [2.05, 4.69) is 20.6 Å². The zero-order valence-electron chi connectivity index (χ0n) is 16.3. The molecule has 2 aliphatic rings. The molecule has 30 heavy (non-hydrogen) atoms. The van der Waals surface area contributed by atoms with E-state index in [4.69, 9.17) is 17.3 Å². The molecule has 1 aromatic carbocycles. The number of Topliss-reactive ketones (excluding diaryl/α,β-unsaturated/α-hetero) is 1. The highest BCUT2D eigenvalue weighted by atomic mass is 35.5. The second kappa shape index (κ2) is 7.46. The smallest absolute Gasteiger partial charge is 0.280 e. The van der Waals surface area contributed by atoms with Crippen molar-refractivity contribution >= 4 is 45.5 Å². The highest BCUT2D eigenvalue weighted by Crippen LogP contribution is 2.32. The largest absolute Gasteiger partial charge is 0.352 e. The Hall–Kier alpha value is -2.26. The second-order valence-electron chi connectivity index (χ2n) is 8.05. The van der Waals surface area contributed by atoms with Gasteiger partial charge in [-0.1, -0.05) is 24.4 Å². The van der Waals surface area contributed by atoms with Crippen LogP contribution in [-0.2, 0) is 13.1 Å². The molecule has 3 aromatic rings. The lowest BCUT2D eigenvalue weighted by Gasteiger charge is -2.39. The average molecular weight is 444 g/mol. The molecule has 2 unspecified atom stereocenters. The van der Waals surface area contributed by atoms with Crippen LogP contribution in [0.25, 0.3) is 10.9 Å². The minimum absolute atomic E-state index is 0.189. The highest BCUT2D eigenvalue weighted by molar-refractivity contribution is 7.13. The topological polar surface area (TPSA) is 113 Å². The van der Waals surface area contributed by atoms with Crippen LogP contribution in [-0.4, -0.2) is 33.2 Å². The molecule has 1 fully saturated rings. The first-order valence-electron chi connectivity index (χ1n) is 10.1. The zero-order valence-corrected chi connectivity index (χ0v) is 17.8. The van der Waals surface area contributed by atoms with Crippen LogP contribution >= 0.6 is 22.9 Å². The van der Waals surface area contributed by atoms with Gasteiger partial charge in [0, 0.05) is 33.9 Å². The predicted octanol–water partition coefficient (Wildman–Crippen LogP) is 3.13. The number of benzene rings is 1. The van der Waals surface area contributed by atoms with Gasteiger partial charge in [-0.05, 0) is 37.1 Å². The number of aromatic nitrogens is 2. The zero-order chi connectivity index (χ0) is 20.9. The molecule has 0 bridgehead atoms.